The van der Waals surface area contributed by atoms with Gasteiger partial charge in [-0.2, -0.15) is 0 Å². The van der Waals surface area contributed by atoms with Crippen LogP contribution in [0.3, 0.4) is 0 Å². The molecule has 11 heteroatoms. The summed E-state index contributed by atoms with van der Waals surface area (Å²) in [5.74, 6) is -1.53. The Hall–Kier alpha value is -3.89. The predicted molar refractivity (Wildman–Crippen MR) is 133 cm³/mol. The lowest BCUT2D eigenvalue weighted by molar-refractivity contribution is -0.127. The van der Waals surface area contributed by atoms with E-state index in [0.717, 1.165) is 11.0 Å². The molecule has 8 nitrogen and oxygen atoms in total. The molecule has 0 bridgehead atoms. The number of nitrogens with zero attached hydrogens (tertiary/aromatic N) is 1. The van der Waals surface area contributed by atoms with Gasteiger partial charge in [0.1, 0.15) is 23.9 Å². The second kappa shape index (κ2) is 10.8. The monoisotopic (exact) mass is 528 g/mol. The van der Waals surface area contributed by atoms with E-state index in [0.29, 0.717) is 34.4 Å². The molecule has 3 aromatic rings. The first kappa shape index (κ1) is 25.2. The van der Waals surface area contributed by atoms with Gasteiger partial charge < -0.3 is 14.5 Å². The number of hydrogen-bond acceptors (Lipinski definition) is 7. The van der Waals surface area contributed by atoms with Crippen molar-refractivity contribution in [3.05, 3.63) is 81.7 Å². The highest BCUT2D eigenvalue weighted by Gasteiger charge is 2.36. The molecule has 1 fully saturated rings. The van der Waals surface area contributed by atoms with Crippen LogP contribution < -0.4 is 5.32 Å². The maximum atomic E-state index is 13.3. The number of ether oxygens (including phenoxy) is 1. The van der Waals surface area contributed by atoms with Crippen LogP contribution >= 0.6 is 23.4 Å². The Morgan fingerprint density at radius 2 is 1.89 bits per heavy atom. The minimum Gasteiger partial charge on any atom is -0.462 e. The van der Waals surface area contributed by atoms with E-state index < -0.39 is 35.4 Å². The van der Waals surface area contributed by atoms with Crippen LogP contribution in [0.15, 0.2) is 63.9 Å². The molecular formula is C25H18ClFN2O6S. The van der Waals surface area contributed by atoms with E-state index in [1.54, 1.807) is 43.3 Å². The van der Waals surface area contributed by atoms with Gasteiger partial charge in [0, 0.05) is 17.3 Å². The van der Waals surface area contributed by atoms with Crippen molar-refractivity contribution in [2.45, 2.75) is 6.92 Å². The van der Waals surface area contributed by atoms with Crippen molar-refractivity contribution in [2.24, 2.45) is 0 Å². The van der Waals surface area contributed by atoms with Crippen LogP contribution in [0.25, 0.3) is 17.4 Å². The van der Waals surface area contributed by atoms with Gasteiger partial charge in [-0.25, -0.2) is 9.18 Å². The number of imide groups is 1. The van der Waals surface area contributed by atoms with Gasteiger partial charge in [0.2, 0.25) is 5.91 Å². The first-order chi connectivity index (χ1) is 17.2. The molecule has 36 heavy (non-hydrogen) atoms. The predicted octanol–water partition coefficient (Wildman–Crippen LogP) is 5.59. The number of furan rings is 1. The van der Waals surface area contributed by atoms with Gasteiger partial charge in [-0.3, -0.25) is 19.3 Å². The van der Waals surface area contributed by atoms with Crippen molar-refractivity contribution in [3.8, 4) is 11.3 Å². The molecule has 2 aromatic carbocycles. The number of esters is 1. The Morgan fingerprint density at radius 3 is 2.58 bits per heavy atom. The van der Waals surface area contributed by atoms with Crippen molar-refractivity contribution in [2.75, 3.05) is 18.5 Å². The molecule has 184 valence electrons. The van der Waals surface area contributed by atoms with E-state index in [4.69, 9.17) is 20.8 Å². The summed E-state index contributed by atoms with van der Waals surface area (Å²) in [5.41, 5.74) is 1.34. The summed E-state index contributed by atoms with van der Waals surface area (Å²) in [6.07, 6.45) is 1.42. The number of amides is 3. The Labute approximate surface area is 214 Å². The summed E-state index contributed by atoms with van der Waals surface area (Å²) < 4.78 is 24.0. The Kier molecular flexibility index (Phi) is 7.56. The number of halogens is 2. The number of thioether (sulfide) groups is 1. The summed E-state index contributed by atoms with van der Waals surface area (Å²) in [7, 11) is 0. The highest BCUT2D eigenvalue weighted by atomic mass is 35.5. The van der Waals surface area contributed by atoms with E-state index in [9.17, 15) is 23.6 Å². The van der Waals surface area contributed by atoms with Crippen LogP contribution in [-0.4, -0.2) is 41.1 Å². The van der Waals surface area contributed by atoms with Gasteiger partial charge in [-0.05, 0) is 61.2 Å². The third kappa shape index (κ3) is 5.67. The summed E-state index contributed by atoms with van der Waals surface area (Å²) in [6, 6.07) is 13.6. The highest BCUT2D eigenvalue weighted by molar-refractivity contribution is 8.18. The van der Waals surface area contributed by atoms with Crippen molar-refractivity contribution in [3.63, 3.8) is 0 Å². The van der Waals surface area contributed by atoms with Crippen LogP contribution in [0.5, 0.6) is 0 Å². The zero-order chi connectivity index (χ0) is 25.8. The number of anilines is 1. The Morgan fingerprint density at radius 1 is 1.14 bits per heavy atom. The molecule has 1 saturated heterocycles. The Bertz CT molecular complexity index is 1390. The molecule has 0 saturated carbocycles. The maximum Gasteiger partial charge on any atom is 0.338 e. The van der Waals surface area contributed by atoms with Crippen molar-refractivity contribution in [1.82, 2.24) is 4.90 Å². The molecule has 0 spiro atoms. The summed E-state index contributed by atoms with van der Waals surface area (Å²) in [5, 5.41) is 1.69. The summed E-state index contributed by atoms with van der Waals surface area (Å²) in [4.78, 5) is 50.1. The van der Waals surface area contributed by atoms with Crippen molar-refractivity contribution < 1.29 is 32.7 Å². The van der Waals surface area contributed by atoms with E-state index in [2.05, 4.69) is 5.32 Å². The number of benzene rings is 2. The molecule has 0 radical (unpaired) electrons. The normalized spacial score (nSPS) is 14.4. The smallest absolute Gasteiger partial charge is 0.338 e. The van der Waals surface area contributed by atoms with Gasteiger partial charge in [0.05, 0.1) is 22.1 Å². The van der Waals surface area contributed by atoms with Crippen molar-refractivity contribution >= 4 is 58.1 Å². The fourth-order valence-electron chi connectivity index (χ4n) is 3.25. The van der Waals surface area contributed by atoms with Gasteiger partial charge in [-0.15, -0.1) is 0 Å². The molecule has 3 amide bonds. The second-order valence-electron chi connectivity index (χ2n) is 7.44. The molecule has 0 aliphatic carbocycles. The van der Waals surface area contributed by atoms with E-state index in [1.807, 2.05) is 0 Å². The number of carbonyl (C=O) groups excluding carboxylic acids is 4. The molecule has 1 aliphatic heterocycles. The average molecular weight is 529 g/mol. The van der Waals surface area contributed by atoms with Gasteiger partial charge in [-0.1, -0.05) is 23.7 Å². The quantitative estimate of drug-likeness (QED) is 0.314. The zero-order valence-corrected chi connectivity index (χ0v) is 20.3. The van der Waals surface area contributed by atoms with E-state index in [1.165, 1.54) is 18.2 Å². The highest BCUT2D eigenvalue weighted by Crippen LogP contribution is 2.33. The van der Waals surface area contributed by atoms with E-state index >= 15 is 0 Å². The molecule has 4 rings (SSSR count). The average Bonchev–Trinajstić information content (AvgIpc) is 3.42. The molecule has 1 aromatic heterocycles. The number of rotatable bonds is 7. The SMILES string of the molecule is CCOC(=O)c1ccc(-c2ccc(/C=C3/SC(=O)N(CC(=O)Nc4ccc(F)c(Cl)c4)C3=O)o2)cc1. The van der Waals surface area contributed by atoms with Crippen LogP contribution in [0.1, 0.15) is 23.0 Å². The molecule has 2 heterocycles. The standard InChI is InChI=1S/C25H18ClFN2O6S/c1-2-34-24(32)15-5-3-14(4-6-15)20-10-8-17(35-20)12-21-23(31)29(25(33)36-21)13-22(30)28-16-7-9-19(27)18(26)11-16/h3-12H,2,13H2,1H3,(H,28,30)/b21-12+. The van der Waals surface area contributed by atoms with Crippen LogP contribution in [0.4, 0.5) is 14.9 Å². The maximum absolute atomic E-state index is 13.3. The van der Waals surface area contributed by atoms with E-state index in [-0.39, 0.29) is 22.2 Å². The molecule has 1 aliphatic rings. The summed E-state index contributed by atoms with van der Waals surface area (Å²) in [6.45, 7) is 1.49. The largest absolute Gasteiger partial charge is 0.462 e. The first-order valence-electron chi connectivity index (χ1n) is 10.6. The fraction of sp³-hybridized carbons (Fsp3) is 0.120. The fourth-order valence-corrected chi connectivity index (χ4v) is 4.25. The molecular weight excluding hydrogens is 511 g/mol. The van der Waals surface area contributed by atoms with Crippen LogP contribution in [0, 0.1) is 5.82 Å². The third-order valence-corrected chi connectivity index (χ3v) is 6.16. The minimum absolute atomic E-state index is 0.0937. The van der Waals surface area contributed by atoms with Gasteiger partial charge >= 0.3 is 5.97 Å². The zero-order valence-electron chi connectivity index (χ0n) is 18.7. The second-order valence-corrected chi connectivity index (χ2v) is 8.85. The molecule has 1 N–H and O–H groups in total. The topological polar surface area (TPSA) is 106 Å². The minimum atomic E-state index is -0.646. The third-order valence-electron chi connectivity index (χ3n) is 4.96. The first-order valence-corrected chi connectivity index (χ1v) is 11.8. The van der Waals surface area contributed by atoms with Gasteiger partial charge in [0.25, 0.3) is 11.1 Å². The van der Waals surface area contributed by atoms with Crippen LogP contribution in [0.2, 0.25) is 5.02 Å². The number of hydrogen-bond donors (Lipinski definition) is 1. The Balaban J connectivity index is 1.42. The molecule has 0 atom stereocenters. The summed E-state index contributed by atoms with van der Waals surface area (Å²) >= 11 is 6.38. The van der Waals surface area contributed by atoms with Gasteiger partial charge in [0.15, 0.2) is 0 Å². The number of carbonyl (C=O) groups is 4. The number of nitrogens with one attached hydrogen (secondary N) is 1. The lowest BCUT2D eigenvalue weighted by Crippen LogP contribution is -2.36. The van der Waals surface area contributed by atoms with Crippen LogP contribution in [-0.2, 0) is 14.3 Å². The lowest BCUT2D eigenvalue weighted by Gasteiger charge is -2.12. The molecule has 0 unspecified atom stereocenters. The lowest BCUT2D eigenvalue weighted by atomic mass is 10.1. The van der Waals surface area contributed by atoms with Crippen molar-refractivity contribution in [1.29, 1.82) is 0 Å².